The van der Waals surface area contributed by atoms with E-state index >= 15 is 0 Å². The van der Waals surface area contributed by atoms with Crippen molar-refractivity contribution in [2.24, 2.45) is 0 Å². The van der Waals surface area contributed by atoms with Gasteiger partial charge >= 0.3 is 11.9 Å². The maximum atomic E-state index is 13.5. The highest BCUT2D eigenvalue weighted by Gasteiger charge is 2.14. The van der Waals surface area contributed by atoms with Crippen molar-refractivity contribution in [2.75, 3.05) is 14.2 Å². The van der Waals surface area contributed by atoms with Crippen molar-refractivity contribution in [3.05, 3.63) is 35.2 Å². The molecule has 0 aliphatic heterocycles. The Morgan fingerprint density at radius 2 is 2.05 bits per heavy atom. The van der Waals surface area contributed by atoms with Gasteiger partial charge in [0.15, 0.2) is 11.6 Å². The fourth-order valence-corrected chi connectivity index (χ4v) is 1.45. The van der Waals surface area contributed by atoms with E-state index in [1.807, 2.05) is 0 Å². The Morgan fingerprint density at radius 1 is 1.37 bits per heavy atom. The van der Waals surface area contributed by atoms with Crippen molar-refractivity contribution in [3.8, 4) is 5.75 Å². The molecule has 0 amide bonds. The first kappa shape index (κ1) is 14.7. The number of esters is 1. The average molecular weight is 268 g/mol. The normalized spacial score (nSPS) is 11.0. The lowest BCUT2D eigenvalue weighted by Crippen LogP contribution is -2.09. The molecule has 0 spiro atoms. The van der Waals surface area contributed by atoms with Gasteiger partial charge in [0.2, 0.25) is 0 Å². The lowest BCUT2D eigenvalue weighted by atomic mass is 10.1. The van der Waals surface area contributed by atoms with Crippen LogP contribution in [0.25, 0.3) is 6.08 Å². The lowest BCUT2D eigenvalue weighted by Gasteiger charge is -2.05. The van der Waals surface area contributed by atoms with E-state index in [9.17, 15) is 14.0 Å². The molecular formula is C13H13FO5. The molecule has 0 bridgehead atoms. The van der Waals surface area contributed by atoms with Crippen LogP contribution in [0.5, 0.6) is 5.75 Å². The van der Waals surface area contributed by atoms with Gasteiger partial charge in [0.1, 0.15) is 0 Å². The summed E-state index contributed by atoms with van der Waals surface area (Å²) in [4.78, 5) is 22.0. The van der Waals surface area contributed by atoms with E-state index in [0.29, 0.717) is 5.56 Å². The number of carboxylic acids is 1. The maximum absolute atomic E-state index is 13.5. The largest absolute Gasteiger partial charge is 0.494 e. The third-order valence-corrected chi connectivity index (χ3v) is 2.31. The number of carbonyl (C=O) groups is 2. The zero-order valence-electron chi connectivity index (χ0n) is 10.5. The van der Waals surface area contributed by atoms with E-state index < -0.39 is 24.2 Å². The topological polar surface area (TPSA) is 72.8 Å². The van der Waals surface area contributed by atoms with Crippen LogP contribution in [-0.4, -0.2) is 31.3 Å². The van der Waals surface area contributed by atoms with Crippen LogP contribution >= 0.6 is 0 Å². The monoisotopic (exact) mass is 268 g/mol. The number of methoxy groups -OCH3 is 2. The Kier molecular flexibility index (Phi) is 5.05. The minimum absolute atomic E-state index is 0.0648. The van der Waals surface area contributed by atoms with E-state index in [4.69, 9.17) is 9.84 Å². The quantitative estimate of drug-likeness (QED) is 0.652. The molecule has 0 heterocycles. The number of rotatable bonds is 5. The Bertz CT molecular complexity index is 522. The summed E-state index contributed by atoms with van der Waals surface area (Å²) in [5.74, 6) is -2.48. The van der Waals surface area contributed by atoms with Crippen LogP contribution in [0.4, 0.5) is 4.39 Å². The third kappa shape index (κ3) is 4.09. The molecule has 0 aromatic heterocycles. The van der Waals surface area contributed by atoms with Crippen molar-refractivity contribution in [1.29, 1.82) is 0 Å². The maximum Gasteiger partial charge on any atom is 0.334 e. The SMILES string of the molecule is COC(=O)C(=Cc1ccc(OC)c(F)c1)CC(=O)O. The van der Waals surface area contributed by atoms with Crippen LogP contribution in [0.3, 0.4) is 0 Å². The molecule has 0 aliphatic carbocycles. The minimum atomic E-state index is -1.18. The first-order valence-electron chi connectivity index (χ1n) is 5.32. The molecule has 1 N–H and O–H groups in total. The summed E-state index contributed by atoms with van der Waals surface area (Å²) >= 11 is 0. The van der Waals surface area contributed by atoms with Gasteiger partial charge in [-0.3, -0.25) is 4.79 Å². The van der Waals surface area contributed by atoms with Crippen LogP contribution in [0.1, 0.15) is 12.0 Å². The summed E-state index contributed by atoms with van der Waals surface area (Å²) < 4.78 is 22.7. The van der Waals surface area contributed by atoms with Gasteiger partial charge in [-0.1, -0.05) is 6.07 Å². The smallest absolute Gasteiger partial charge is 0.334 e. The van der Waals surface area contributed by atoms with Crippen LogP contribution < -0.4 is 4.74 Å². The highest BCUT2D eigenvalue weighted by Crippen LogP contribution is 2.20. The van der Waals surface area contributed by atoms with Crippen LogP contribution in [-0.2, 0) is 14.3 Å². The van der Waals surface area contributed by atoms with Crippen molar-refractivity contribution in [2.45, 2.75) is 6.42 Å². The predicted molar refractivity (Wildman–Crippen MR) is 65.2 cm³/mol. The predicted octanol–water partition coefficient (Wildman–Crippen LogP) is 1.87. The van der Waals surface area contributed by atoms with E-state index in [0.717, 1.165) is 13.2 Å². The molecule has 0 unspecified atom stereocenters. The van der Waals surface area contributed by atoms with E-state index in [1.54, 1.807) is 0 Å². The fourth-order valence-electron chi connectivity index (χ4n) is 1.45. The Morgan fingerprint density at radius 3 is 2.53 bits per heavy atom. The second kappa shape index (κ2) is 6.53. The van der Waals surface area contributed by atoms with Crippen LogP contribution in [0.15, 0.2) is 23.8 Å². The number of hydrogen-bond acceptors (Lipinski definition) is 4. The molecule has 5 nitrogen and oxygen atoms in total. The Labute approximate surface area is 109 Å². The molecule has 0 radical (unpaired) electrons. The van der Waals surface area contributed by atoms with Gasteiger partial charge in [0, 0.05) is 5.57 Å². The summed E-state index contributed by atoms with van der Waals surface area (Å²) in [5.41, 5.74) is 0.277. The van der Waals surface area contributed by atoms with Gasteiger partial charge in [-0.05, 0) is 23.8 Å². The molecular weight excluding hydrogens is 255 g/mol. The summed E-state index contributed by atoms with van der Waals surface area (Å²) in [7, 11) is 2.48. The number of carboxylic acid groups (broad SMARTS) is 1. The number of carbonyl (C=O) groups excluding carboxylic acids is 1. The number of hydrogen-bond donors (Lipinski definition) is 1. The molecule has 0 saturated heterocycles. The van der Waals surface area contributed by atoms with Crippen molar-refractivity contribution in [3.63, 3.8) is 0 Å². The van der Waals surface area contributed by atoms with E-state index in [2.05, 4.69) is 4.74 Å². The molecule has 1 aromatic carbocycles. The number of ether oxygens (including phenoxy) is 2. The summed E-state index contributed by atoms with van der Waals surface area (Å²) in [5, 5.41) is 8.70. The summed E-state index contributed by atoms with van der Waals surface area (Å²) in [6.07, 6.45) is 0.767. The molecule has 0 aliphatic rings. The van der Waals surface area contributed by atoms with Gasteiger partial charge in [-0.15, -0.1) is 0 Å². The number of benzene rings is 1. The second-order valence-corrected chi connectivity index (χ2v) is 3.63. The van der Waals surface area contributed by atoms with Crippen molar-refractivity contribution >= 4 is 18.0 Å². The van der Waals surface area contributed by atoms with Crippen LogP contribution in [0, 0.1) is 5.82 Å². The molecule has 1 rings (SSSR count). The summed E-state index contributed by atoms with van der Waals surface area (Å²) in [6.45, 7) is 0. The van der Waals surface area contributed by atoms with Crippen LogP contribution in [0.2, 0.25) is 0 Å². The van der Waals surface area contributed by atoms with Gasteiger partial charge in [0.25, 0.3) is 0 Å². The first-order valence-corrected chi connectivity index (χ1v) is 5.32. The van der Waals surface area contributed by atoms with Gasteiger partial charge in [-0.2, -0.15) is 0 Å². The third-order valence-electron chi connectivity index (χ3n) is 2.31. The van der Waals surface area contributed by atoms with E-state index in [1.165, 1.54) is 25.3 Å². The lowest BCUT2D eigenvalue weighted by molar-refractivity contribution is -0.141. The van der Waals surface area contributed by atoms with Gasteiger partial charge in [-0.25, -0.2) is 9.18 Å². The van der Waals surface area contributed by atoms with Gasteiger partial charge in [0.05, 0.1) is 20.6 Å². The Hall–Kier alpha value is -2.37. The standard InChI is InChI=1S/C13H13FO5/c1-18-11-4-3-8(6-10(11)14)5-9(7-12(15)16)13(17)19-2/h3-6H,7H2,1-2H3,(H,15,16). The summed E-state index contributed by atoms with van der Waals surface area (Å²) in [6, 6.07) is 4.03. The van der Waals surface area contributed by atoms with E-state index in [-0.39, 0.29) is 11.3 Å². The zero-order chi connectivity index (χ0) is 14.4. The average Bonchev–Trinajstić information content (AvgIpc) is 2.36. The highest BCUT2D eigenvalue weighted by molar-refractivity contribution is 5.97. The molecule has 1 aromatic rings. The molecule has 19 heavy (non-hydrogen) atoms. The minimum Gasteiger partial charge on any atom is -0.494 e. The van der Waals surface area contributed by atoms with Crippen molar-refractivity contribution < 1.29 is 28.6 Å². The highest BCUT2D eigenvalue weighted by atomic mass is 19.1. The fraction of sp³-hybridized carbons (Fsp3) is 0.231. The molecule has 102 valence electrons. The second-order valence-electron chi connectivity index (χ2n) is 3.63. The van der Waals surface area contributed by atoms with Crippen molar-refractivity contribution in [1.82, 2.24) is 0 Å². The number of halogens is 1. The zero-order valence-corrected chi connectivity index (χ0v) is 10.5. The molecule has 0 fully saturated rings. The molecule has 0 atom stereocenters. The first-order chi connectivity index (χ1) is 8.97. The Balaban J connectivity index is 3.10. The molecule has 6 heteroatoms. The van der Waals surface area contributed by atoms with Gasteiger partial charge < -0.3 is 14.6 Å². The molecule has 0 saturated carbocycles. The number of aliphatic carboxylic acids is 1.